The van der Waals surface area contributed by atoms with E-state index in [2.05, 4.69) is 22.9 Å². The van der Waals surface area contributed by atoms with E-state index in [0.29, 0.717) is 10.5 Å². The molecule has 0 amide bonds. The van der Waals surface area contributed by atoms with Crippen LogP contribution < -0.4 is 4.90 Å². The molecule has 1 aromatic carbocycles. The van der Waals surface area contributed by atoms with E-state index in [4.69, 9.17) is 4.98 Å². The molecule has 2 aliphatic rings. The van der Waals surface area contributed by atoms with Crippen molar-refractivity contribution in [3.8, 4) is 0 Å². The third-order valence-corrected chi connectivity index (χ3v) is 8.19. The van der Waals surface area contributed by atoms with Gasteiger partial charge in [-0.25, -0.2) is 17.4 Å². The molecule has 0 atom stereocenters. The molecule has 0 spiro atoms. The van der Waals surface area contributed by atoms with Crippen LogP contribution in [0, 0.1) is 0 Å². The molecule has 162 valence electrons. The average Bonchev–Trinajstić information content (AvgIpc) is 3.35. The molecular formula is C24H28N4O2S. The Morgan fingerprint density at radius 1 is 1.06 bits per heavy atom. The zero-order valence-electron chi connectivity index (χ0n) is 18.3. The SMILES string of the molecule is CCc1ccc2c(C3=CCN(C)CC3)cn(S(=O)(=O)c3ccc4c(c3)N(C)CC4)c2n1. The summed E-state index contributed by atoms with van der Waals surface area (Å²) in [4.78, 5) is 9.42. The summed E-state index contributed by atoms with van der Waals surface area (Å²) in [6, 6.07) is 9.52. The minimum atomic E-state index is -3.77. The van der Waals surface area contributed by atoms with Crippen LogP contribution in [0.25, 0.3) is 16.6 Å². The van der Waals surface area contributed by atoms with E-state index in [-0.39, 0.29) is 0 Å². The summed E-state index contributed by atoms with van der Waals surface area (Å²) in [6.07, 6.45) is 6.59. The third-order valence-electron chi connectivity index (χ3n) is 6.54. The highest BCUT2D eigenvalue weighted by molar-refractivity contribution is 7.90. The van der Waals surface area contributed by atoms with Crippen LogP contribution in [0.1, 0.15) is 30.2 Å². The molecule has 0 aliphatic carbocycles. The molecule has 4 heterocycles. The largest absolute Gasteiger partial charge is 0.374 e. The quantitative estimate of drug-likeness (QED) is 0.626. The number of fused-ring (bicyclic) bond motifs is 2. The normalized spacial score (nSPS) is 17.3. The van der Waals surface area contributed by atoms with E-state index in [1.807, 2.05) is 38.2 Å². The van der Waals surface area contributed by atoms with Gasteiger partial charge in [-0.3, -0.25) is 0 Å². The van der Waals surface area contributed by atoms with E-state index in [9.17, 15) is 8.42 Å². The van der Waals surface area contributed by atoms with Crippen LogP contribution in [0.3, 0.4) is 0 Å². The molecule has 5 rings (SSSR count). The highest BCUT2D eigenvalue weighted by atomic mass is 32.2. The number of nitrogens with zero attached hydrogens (tertiary/aromatic N) is 4. The Labute approximate surface area is 183 Å². The second kappa shape index (κ2) is 7.50. The Morgan fingerprint density at radius 3 is 2.65 bits per heavy atom. The van der Waals surface area contributed by atoms with Gasteiger partial charge < -0.3 is 9.80 Å². The number of likely N-dealkylation sites (N-methyl/N-ethyl adjacent to an activating group) is 2. The van der Waals surface area contributed by atoms with E-state index in [0.717, 1.165) is 61.2 Å². The van der Waals surface area contributed by atoms with Gasteiger partial charge in [-0.2, -0.15) is 0 Å². The number of anilines is 1. The molecule has 7 heteroatoms. The summed E-state index contributed by atoms with van der Waals surface area (Å²) < 4.78 is 29.0. The van der Waals surface area contributed by atoms with E-state index in [1.165, 1.54) is 15.1 Å². The van der Waals surface area contributed by atoms with Crippen molar-refractivity contribution in [2.45, 2.75) is 31.1 Å². The van der Waals surface area contributed by atoms with Crippen molar-refractivity contribution < 1.29 is 8.42 Å². The zero-order valence-corrected chi connectivity index (χ0v) is 19.1. The molecule has 3 aromatic rings. The van der Waals surface area contributed by atoms with Gasteiger partial charge >= 0.3 is 0 Å². The van der Waals surface area contributed by atoms with Crippen molar-refractivity contribution in [1.82, 2.24) is 13.9 Å². The monoisotopic (exact) mass is 436 g/mol. The van der Waals surface area contributed by atoms with Crippen molar-refractivity contribution in [3.63, 3.8) is 0 Å². The van der Waals surface area contributed by atoms with Crippen LogP contribution >= 0.6 is 0 Å². The topological polar surface area (TPSA) is 58.4 Å². The summed E-state index contributed by atoms with van der Waals surface area (Å²) in [7, 11) is 0.331. The zero-order chi connectivity index (χ0) is 21.8. The van der Waals surface area contributed by atoms with E-state index < -0.39 is 10.0 Å². The van der Waals surface area contributed by atoms with Crippen molar-refractivity contribution in [2.75, 3.05) is 38.6 Å². The maximum Gasteiger partial charge on any atom is 0.269 e. The molecular weight excluding hydrogens is 408 g/mol. The van der Waals surface area contributed by atoms with Gasteiger partial charge in [0.05, 0.1) is 4.90 Å². The first kappa shape index (κ1) is 20.3. The Balaban J connectivity index is 1.70. The Kier molecular flexibility index (Phi) is 4.90. The number of benzene rings is 1. The van der Waals surface area contributed by atoms with Crippen LogP contribution in [0.2, 0.25) is 0 Å². The van der Waals surface area contributed by atoms with Gasteiger partial charge in [0.15, 0.2) is 5.65 Å². The molecule has 2 aliphatic heterocycles. The first-order chi connectivity index (χ1) is 14.9. The van der Waals surface area contributed by atoms with Crippen LogP contribution in [-0.4, -0.2) is 56.0 Å². The fraction of sp³-hybridized carbons (Fsp3) is 0.375. The van der Waals surface area contributed by atoms with Crippen molar-refractivity contribution >= 4 is 32.3 Å². The first-order valence-electron chi connectivity index (χ1n) is 10.9. The highest BCUT2D eigenvalue weighted by Gasteiger charge is 2.26. The summed E-state index contributed by atoms with van der Waals surface area (Å²) in [5.41, 5.74) is 5.76. The van der Waals surface area contributed by atoms with Gasteiger partial charge in [-0.1, -0.05) is 19.1 Å². The second-order valence-electron chi connectivity index (χ2n) is 8.57. The summed E-state index contributed by atoms with van der Waals surface area (Å²) in [5.74, 6) is 0. The van der Waals surface area contributed by atoms with Gasteiger partial charge in [0.1, 0.15) is 0 Å². The lowest BCUT2D eigenvalue weighted by Gasteiger charge is -2.21. The van der Waals surface area contributed by atoms with Gasteiger partial charge in [0, 0.05) is 55.2 Å². The Morgan fingerprint density at radius 2 is 1.90 bits per heavy atom. The lowest BCUT2D eigenvalue weighted by Crippen LogP contribution is -2.23. The van der Waals surface area contributed by atoms with Gasteiger partial charge in [0.25, 0.3) is 10.0 Å². The van der Waals surface area contributed by atoms with Crippen LogP contribution in [-0.2, 0) is 22.9 Å². The van der Waals surface area contributed by atoms with Gasteiger partial charge in [-0.05, 0) is 61.7 Å². The number of rotatable bonds is 4. The fourth-order valence-corrected chi connectivity index (χ4v) is 5.90. The minimum absolute atomic E-state index is 0.310. The molecule has 0 bridgehead atoms. The maximum absolute atomic E-state index is 13.8. The van der Waals surface area contributed by atoms with Crippen LogP contribution in [0.4, 0.5) is 5.69 Å². The molecule has 0 saturated heterocycles. The lowest BCUT2D eigenvalue weighted by molar-refractivity contribution is 0.370. The van der Waals surface area contributed by atoms with Gasteiger partial charge in [-0.15, -0.1) is 0 Å². The number of pyridine rings is 1. The van der Waals surface area contributed by atoms with Crippen molar-refractivity contribution in [1.29, 1.82) is 0 Å². The first-order valence-corrected chi connectivity index (χ1v) is 12.3. The van der Waals surface area contributed by atoms with Crippen LogP contribution in [0.15, 0.2) is 47.5 Å². The predicted molar refractivity (Wildman–Crippen MR) is 125 cm³/mol. The number of aromatic nitrogens is 2. The van der Waals surface area contributed by atoms with Crippen molar-refractivity contribution in [3.05, 3.63) is 59.4 Å². The fourth-order valence-electron chi connectivity index (χ4n) is 4.56. The number of hydrogen-bond donors (Lipinski definition) is 0. The van der Waals surface area contributed by atoms with E-state index in [1.54, 1.807) is 12.3 Å². The maximum atomic E-state index is 13.8. The number of aryl methyl sites for hydroxylation is 1. The highest BCUT2D eigenvalue weighted by Crippen LogP contribution is 2.34. The summed E-state index contributed by atoms with van der Waals surface area (Å²) >= 11 is 0. The van der Waals surface area contributed by atoms with Gasteiger partial charge in [0.2, 0.25) is 0 Å². The molecule has 6 nitrogen and oxygen atoms in total. The molecule has 0 unspecified atom stereocenters. The number of hydrogen-bond acceptors (Lipinski definition) is 5. The minimum Gasteiger partial charge on any atom is -0.374 e. The molecule has 31 heavy (non-hydrogen) atoms. The molecule has 0 fully saturated rings. The van der Waals surface area contributed by atoms with E-state index >= 15 is 0 Å². The molecule has 0 N–H and O–H groups in total. The molecule has 0 saturated carbocycles. The molecule has 0 radical (unpaired) electrons. The Hall–Kier alpha value is -2.64. The summed E-state index contributed by atoms with van der Waals surface area (Å²) in [6.45, 7) is 4.78. The second-order valence-corrected chi connectivity index (χ2v) is 10.4. The Bertz CT molecular complexity index is 1310. The standard InChI is InChI=1S/C24H28N4O2S/c1-4-19-6-8-21-22(17-9-12-26(2)13-10-17)16-28(24(21)25-19)31(29,30)20-7-5-18-11-14-27(3)23(18)15-20/h5-9,15-16H,4,10-14H2,1-3H3. The van der Waals surface area contributed by atoms with Crippen molar-refractivity contribution in [2.24, 2.45) is 0 Å². The summed E-state index contributed by atoms with van der Waals surface area (Å²) in [5, 5.41) is 0.898. The molecule has 2 aromatic heterocycles. The average molecular weight is 437 g/mol. The smallest absolute Gasteiger partial charge is 0.269 e. The predicted octanol–water partition coefficient (Wildman–Crippen LogP) is 3.55. The lowest BCUT2D eigenvalue weighted by atomic mass is 10.00. The van der Waals surface area contributed by atoms with Crippen LogP contribution in [0.5, 0.6) is 0 Å². The third kappa shape index (κ3) is 3.36.